The van der Waals surface area contributed by atoms with Gasteiger partial charge in [0.2, 0.25) is 10.0 Å². The molecule has 0 unspecified atom stereocenters. The summed E-state index contributed by atoms with van der Waals surface area (Å²) in [5.74, 6) is 0.300. The maximum absolute atomic E-state index is 12.1. The molecule has 1 aromatic rings. The Morgan fingerprint density at radius 1 is 1.32 bits per heavy atom. The number of benzene rings is 1. The van der Waals surface area contributed by atoms with Crippen molar-refractivity contribution in [2.45, 2.75) is 44.2 Å². The standard InChI is InChI=1S/C14H22N2O2S/c1-11(2)9-16-19(17,18)14-5-3-4-12(8-14)10-15-13-6-7-13/h3-5,8,11,13,15-16H,6-7,9-10H2,1-2H3. The molecule has 19 heavy (non-hydrogen) atoms. The fourth-order valence-electron chi connectivity index (χ4n) is 1.73. The summed E-state index contributed by atoms with van der Waals surface area (Å²) in [5.41, 5.74) is 1.01. The smallest absolute Gasteiger partial charge is 0.240 e. The molecule has 2 N–H and O–H groups in total. The third-order valence-electron chi connectivity index (χ3n) is 3.06. The van der Waals surface area contributed by atoms with Crippen molar-refractivity contribution in [1.82, 2.24) is 10.0 Å². The van der Waals surface area contributed by atoms with Gasteiger partial charge in [0.05, 0.1) is 4.90 Å². The lowest BCUT2D eigenvalue weighted by molar-refractivity contribution is 0.560. The van der Waals surface area contributed by atoms with E-state index in [0.717, 1.165) is 12.1 Å². The molecule has 0 bridgehead atoms. The molecule has 0 atom stereocenters. The summed E-state index contributed by atoms with van der Waals surface area (Å²) in [4.78, 5) is 0.350. The van der Waals surface area contributed by atoms with Gasteiger partial charge in [-0.1, -0.05) is 26.0 Å². The second kappa shape index (κ2) is 6.03. The predicted octanol–water partition coefficient (Wildman–Crippen LogP) is 1.87. The van der Waals surface area contributed by atoms with E-state index < -0.39 is 10.0 Å². The molecule has 1 fully saturated rings. The van der Waals surface area contributed by atoms with E-state index in [1.165, 1.54) is 12.8 Å². The monoisotopic (exact) mass is 282 g/mol. The lowest BCUT2D eigenvalue weighted by atomic mass is 10.2. The maximum Gasteiger partial charge on any atom is 0.240 e. The van der Waals surface area contributed by atoms with E-state index in [1.54, 1.807) is 18.2 Å². The normalized spacial score (nSPS) is 15.9. The maximum atomic E-state index is 12.1. The lowest BCUT2D eigenvalue weighted by Crippen LogP contribution is -2.27. The van der Waals surface area contributed by atoms with E-state index >= 15 is 0 Å². The van der Waals surface area contributed by atoms with Gasteiger partial charge >= 0.3 is 0 Å². The van der Waals surface area contributed by atoms with Gasteiger partial charge in [-0.05, 0) is 36.5 Å². The van der Waals surface area contributed by atoms with Crippen molar-refractivity contribution in [2.24, 2.45) is 5.92 Å². The summed E-state index contributed by atoms with van der Waals surface area (Å²) < 4.78 is 26.8. The van der Waals surface area contributed by atoms with Crippen molar-refractivity contribution in [1.29, 1.82) is 0 Å². The molecular formula is C14H22N2O2S. The molecule has 0 amide bonds. The molecule has 0 aliphatic heterocycles. The highest BCUT2D eigenvalue weighted by atomic mass is 32.2. The first kappa shape index (κ1) is 14.5. The van der Waals surface area contributed by atoms with Crippen molar-refractivity contribution in [2.75, 3.05) is 6.54 Å². The highest BCUT2D eigenvalue weighted by Crippen LogP contribution is 2.20. The zero-order chi connectivity index (χ0) is 13.9. The highest BCUT2D eigenvalue weighted by Gasteiger charge is 2.20. The zero-order valence-electron chi connectivity index (χ0n) is 11.5. The molecule has 1 aliphatic carbocycles. The SMILES string of the molecule is CC(C)CNS(=O)(=O)c1cccc(CNC2CC2)c1. The Hall–Kier alpha value is -0.910. The van der Waals surface area contributed by atoms with E-state index in [2.05, 4.69) is 10.0 Å². The van der Waals surface area contributed by atoms with Crippen LogP contribution in [0.2, 0.25) is 0 Å². The second-order valence-electron chi connectivity index (χ2n) is 5.55. The molecule has 1 aliphatic rings. The molecule has 106 valence electrons. The van der Waals surface area contributed by atoms with Crippen LogP contribution < -0.4 is 10.0 Å². The molecule has 0 spiro atoms. The minimum absolute atomic E-state index is 0.300. The molecule has 4 nitrogen and oxygen atoms in total. The lowest BCUT2D eigenvalue weighted by Gasteiger charge is -2.10. The Kier molecular flexibility index (Phi) is 4.60. The van der Waals surface area contributed by atoms with Crippen LogP contribution in [0.4, 0.5) is 0 Å². The van der Waals surface area contributed by atoms with Crippen LogP contribution in [0.1, 0.15) is 32.3 Å². The third-order valence-corrected chi connectivity index (χ3v) is 4.48. The van der Waals surface area contributed by atoms with Crippen LogP contribution >= 0.6 is 0 Å². The first-order valence-corrected chi connectivity index (χ1v) is 8.27. The van der Waals surface area contributed by atoms with Gasteiger partial charge in [-0.15, -0.1) is 0 Å². The molecule has 1 aromatic carbocycles. The minimum Gasteiger partial charge on any atom is -0.310 e. The zero-order valence-corrected chi connectivity index (χ0v) is 12.3. The summed E-state index contributed by atoms with van der Waals surface area (Å²) >= 11 is 0. The Labute approximate surface area is 115 Å². The van der Waals surface area contributed by atoms with Gasteiger partial charge in [-0.2, -0.15) is 0 Å². The number of hydrogen-bond donors (Lipinski definition) is 2. The van der Waals surface area contributed by atoms with Gasteiger partial charge in [0.1, 0.15) is 0 Å². The predicted molar refractivity (Wildman–Crippen MR) is 76.3 cm³/mol. The summed E-state index contributed by atoms with van der Waals surface area (Å²) in [7, 11) is -3.38. The van der Waals surface area contributed by atoms with Crippen LogP contribution in [-0.2, 0) is 16.6 Å². The fraction of sp³-hybridized carbons (Fsp3) is 0.571. The Balaban J connectivity index is 2.03. The van der Waals surface area contributed by atoms with Crippen molar-refractivity contribution >= 4 is 10.0 Å². The molecule has 0 aromatic heterocycles. The molecule has 2 rings (SSSR count). The largest absolute Gasteiger partial charge is 0.310 e. The molecule has 5 heteroatoms. The highest BCUT2D eigenvalue weighted by molar-refractivity contribution is 7.89. The van der Waals surface area contributed by atoms with E-state index in [0.29, 0.717) is 23.4 Å². The van der Waals surface area contributed by atoms with Crippen LogP contribution in [0.3, 0.4) is 0 Å². The Morgan fingerprint density at radius 2 is 2.05 bits per heavy atom. The third kappa shape index (κ3) is 4.60. The van der Waals surface area contributed by atoms with Crippen LogP contribution in [0.15, 0.2) is 29.2 Å². The van der Waals surface area contributed by atoms with Crippen LogP contribution in [0, 0.1) is 5.92 Å². The average molecular weight is 282 g/mol. The van der Waals surface area contributed by atoms with Crippen LogP contribution in [0.25, 0.3) is 0 Å². The van der Waals surface area contributed by atoms with Crippen LogP contribution in [-0.4, -0.2) is 21.0 Å². The van der Waals surface area contributed by atoms with Crippen molar-refractivity contribution in [3.05, 3.63) is 29.8 Å². The van der Waals surface area contributed by atoms with E-state index in [-0.39, 0.29) is 0 Å². The quantitative estimate of drug-likeness (QED) is 0.802. The van der Waals surface area contributed by atoms with Gasteiger partial charge in [0.15, 0.2) is 0 Å². The Morgan fingerprint density at radius 3 is 2.68 bits per heavy atom. The van der Waals surface area contributed by atoms with Crippen LogP contribution in [0.5, 0.6) is 0 Å². The number of sulfonamides is 1. The first-order chi connectivity index (χ1) is 8.97. The number of hydrogen-bond acceptors (Lipinski definition) is 3. The van der Waals surface area contributed by atoms with Crippen molar-refractivity contribution in [3.8, 4) is 0 Å². The molecule has 0 heterocycles. The Bertz CT molecular complexity index is 522. The number of nitrogens with one attached hydrogen (secondary N) is 2. The van der Waals surface area contributed by atoms with Crippen molar-refractivity contribution in [3.63, 3.8) is 0 Å². The molecular weight excluding hydrogens is 260 g/mol. The van der Waals surface area contributed by atoms with Gasteiger partial charge in [-0.3, -0.25) is 0 Å². The molecule has 0 saturated heterocycles. The van der Waals surface area contributed by atoms with Crippen molar-refractivity contribution < 1.29 is 8.42 Å². The average Bonchev–Trinajstić information content (AvgIpc) is 3.18. The summed E-state index contributed by atoms with van der Waals surface area (Å²) in [6, 6.07) is 7.77. The molecule has 0 radical (unpaired) electrons. The second-order valence-corrected chi connectivity index (χ2v) is 7.32. The summed E-state index contributed by atoms with van der Waals surface area (Å²) in [6.45, 7) is 5.17. The fourth-order valence-corrected chi connectivity index (χ4v) is 3.02. The summed E-state index contributed by atoms with van der Waals surface area (Å²) in [6.07, 6.45) is 2.46. The van der Waals surface area contributed by atoms with Gasteiger partial charge < -0.3 is 5.32 Å². The van der Waals surface area contributed by atoms with E-state index in [4.69, 9.17) is 0 Å². The first-order valence-electron chi connectivity index (χ1n) is 6.79. The van der Waals surface area contributed by atoms with Gasteiger partial charge in [0, 0.05) is 19.1 Å². The van der Waals surface area contributed by atoms with Gasteiger partial charge in [-0.25, -0.2) is 13.1 Å². The van der Waals surface area contributed by atoms with E-state index in [9.17, 15) is 8.42 Å². The summed E-state index contributed by atoms with van der Waals surface area (Å²) in [5, 5.41) is 3.39. The van der Waals surface area contributed by atoms with Gasteiger partial charge in [0.25, 0.3) is 0 Å². The van der Waals surface area contributed by atoms with E-state index in [1.807, 2.05) is 19.9 Å². The molecule has 1 saturated carbocycles. The number of rotatable bonds is 7. The minimum atomic E-state index is -3.38. The topological polar surface area (TPSA) is 58.2 Å².